The summed E-state index contributed by atoms with van der Waals surface area (Å²) in [5, 5.41) is 8.18. The van der Waals surface area contributed by atoms with E-state index in [1.54, 1.807) is 10.4 Å². The molecular weight excluding hydrogens is 316 g/mol. The van der Waals surface area contributed by atoms with Crippen molar-refractivity contribution in [1.82, 2.24) is 20.1 Å². The van der Waals surface area contributed by atoms with E-state index in [4.69, 9.17) is 9.15 Å². The maximum atomic E-state index is 12.9. The zero-order chi connectivity index (χ0) is 16.4. The van der Waals surface area contributed by atoms with Gasteiger partial charge in [-0.25, -0.2) is 4.98 Å². The molecule has 0 radical (unpaired) electrons. The fourth-order valence-electron chi connectivity index (χ4n) is 2.49. The van der Waals surface area contributed by atoms with Crippen molar-refractivity contribution in [3.05, 3.63) is 27.9 Å². The van der Waals surface area contributed by atoms with Gasteiger partial charge < -0.3 is 14.1 Å². The summed E-state index contributed by atoms with van der Waals surface area (Å²) in [5.41, 5.74) is 2.55. The molecule has 1 atom stereocenters. The van der Waals surface area contributed by atoms with Crippen LogP contribution in [0.4, 0.5) is 0 Å². The number of thiazole rings is 1. The van der Waals surface area contributed by atoms with Crippen LogP contribution in [0.1, 0.15) is 59.9 Å². The van der Waals surface area contributed by atoms with E-state index in [0.29, 0.717) is 36.4 Å². The normalized spacial score (nSPS) is 18.6. The minimum absolute atomic E-state index is 0.0399. The van der Waals surface area contributed by atoms with Gasteiger partial charge in [0.2, 0.25) is 11.8 Å². The summed E-state index contributed by atoms with van der Waals surface area (Å²) in [6.45, 7) is 7.35. The molecule has 1 aliphatic rings. The van der Waals surface area contributed by atoms with E-state index in [0.717, 1.165) is 12.1 Å². The van der Waals surface area contributed by atoms with Crippen molar-refractivity contribution < 1.29 is 13.9 Å². The first kappa shape index (κ1) is 16.1. The van der Waals surface area contributed by atoms with Gasteiger partial charge in [0.15, 0.2) is 0 Å². The van der Waals surface area contributed by atoms with Gasteiger partial charge in [-0.3, -0.25) is 4.79 Å². The Labute approximate surface area is 138 Å². The van der Waals surface area contributed by atoms with Gasteiger partial charge in [-0.05, 0) is 6.42 Å². The van der Waals surface area contributed by atoms with Gasteiger partial charge in [0.1, 0.15) is 10.9 Å². The Bertz CT molecular complexity index is 682. The molecule has 124 valence electrons. The van der Waals surface area contributed by atoms with Gasteiger partial charge >= 0.3 is 0 Å². The largest absolute Gasteiger partial charge is 0.423 e. The Morgan fingerprint density at radius 1 is 1.48 bits per heavy atom. The first-order valence-electron chi connectivity index (χ1n) is 7.76. The second kappa shape index (κ2) is 6.76. The lowest BCUT2D eigenvalue weighted by molar-refractivity contribution is -0.0105. The van der Waals surface area contributed by atoms with Crippen LogP contribution in [0.25, 0.3) is 0 Å². The quantitative estimate of drug-likeness (QED) is 0.853. The second-order valence-electron chi connectivity index (χ2n) is 5.70. The van der Waals surface area contributed by atoms with Crippen molar-refractivity contribution in [1.29, 1.82) is 0 Å². The Balaban J connectivity index is 1.87. The molecule has 23 heavy (non-hydrogen) atoms. The van der Waals surface area contributed by atoms with Crippen LogP contribution in [0.5, 0.6) is 0 Å². The summed E-state index contributed by atoms with van der Waals surface area (Å²) in [7, 11) is 0. The van der Waals surface area contributed by atoms with Crippen molar-refractivity contribution in [2.24, 2.45) is 0 Å². The SMILES string of the molecule is CCc1ncsc1C(=O)N1CCOC[C@@H]1c1nnc(C(C)C)o1. The molecule has 0 unspecified atom stereocenters. The van der Waals surface area contributed by atoms with Gasteiger partial charge in [-0.15, -0.1) is 21.5 Å². The van der Waals surface area contributed by atoms with Crippen LogP contribution < -0.4 is 0 Å². The fraction of sp³-hybridized carbons (Fsp3) is 0.600. The second-order valence-corrected chi connectivity index (χ2v) is 6.56. The zero-order valence-corrected chi connectivity index (χ0v) is 14.3. The van der Waals surface area contributed by atoms with E-state index >= 15 is 0 Å². The molecule has 0 bridgehead atoms. The van der Waals surface area contributed by atoms with Crippen molar-refractivity contribution in [2.45, 2.75) is 39.2 Å². The van der Waals surface area contributed by atoms with E-state index < -0.39 is 0 Å². The molecule has 8 heteroatoms. The number of hydrogen-bond donors (Lipinski definition) is 0. The summed E-state index contributed by atoms with van der Waals surface area (Å²) < 4.78 is 11.3. The molecule has 0 N–H and O–H groups in total. The molecule has 3 heterocycles. The van der Waals surface area contributed by atoms with Gasteiger partial charge in [-0.2, -0.15) is 0 Å². The van der Waals surface area contributed by atoms with E-state index in [9.17, 15) is 4.79 Å². The number of carbonyl (C=O) groups excluding carboxylic acids is 1. The van der Waals surface area contributed by atoms with E-state index in [1.807, 2.05) is 20.8 Å². The molecule has 1 aliphatic heterocycles. The third-order valence-electron chi connectivity index (χ3n) is 3.79. The molecule has 1 fully saturated rings. The average Bonchev–Trinajstić information content (AvgIpc) is 3.23. The molecular formula is C15H20N4O3S. The predicted molar refractivity (Wildman–Crippen MR) is 84.5 cm³/mol. The molecule has 7 nitrogen and oxygen atoms in total. The highest BCUT2D eigenvalue weighted by atomic mass is 32.1. The number of hydrogen-bond acceptors (Lipinski definition) is 7. The lowest BCUT2D eigenvalue weighted by atomic mass is 10.2. The minimum atomic E-state index is -0.344. The summed E-state index contributed by atoms with van der Waals surface area (Å²) >= 11 is 1.37. The maximum Gasteiger partial charge on any atom is 0.266 e. The number of aromatic nitrogens is 3. The summed E-state index contributed by atoms with van der Waals surface area (Å²) in [6.07, 6.45) is 0.734. The van der Waals surface area contributed by atoms with Gasteiger partial charge in [0.05, 0.1) is 24.4 Å². The highest BCUT2D eigenvalue weighted by Gasteiger charge is 2.34. The van der Waals surface area contributed by atoms with Crippen LogP contribution in [0, 0.1) is 0 Å². The van der Waals surface area contributed by atoms with Crippen LogP contribution in [-0.4, -0.2) is 45.7 Å². The van der Waals surface area contributed by atoms with E-state index in [-0.39, 0.29) is 17.9 Å². The molecule has 3 rings (SSSR count). The first-order valence-corrected chi connectivity index (χ1v) is 8.64. The summed E-state index contributed by atoms with van der Waals surface area (Å²) in [5.74, 6) is 1.12. The zero-order valence-electron chi connectivity index (χ0n) is 13.5. The Morgan fingerprint density at radius 3 is 3.00 bits per heavy atom. The highest BCUT2D eigenvalue weighted by Crippen LogP contribution is 2.28. The molecule has 0 saturated carbocycles. The van der Waals surface area contributed by atoms with Crippen LogP contribution >= 0.6 is 11.3 Å². The number of amides is 1. The van der Waals surface area contributed by atoms with Crippen molar-refractivity contribution >= 4 is 17.2 Å². The number of carbonyl (C=O) groups is 1. The third-order valence-corrected chi connectivity index (χ3v) is 4.65. The first-order chi connectivity index (χ1) is 11.1. The van der Waals surface area contributed by atoms with Crippen molar-refractivity contribution in [2.75, 3.05) is 19.8 Å². The van der Waals surface area contributed by atoms with Gasteiger partial charge in [0, 0.05) is 12.5 Å². The summed E-state index contributed by atoms with van der Waals surface area (Å²) in [4.78, 5) is 19.6. The topological polar surface area (TPSA) is 81.4 Å². The van der Waals surface area contributed by atoms with Gasteiger partial charge in [-0.1, -0.05) is 20.8 Å². The summed E-state index contributed by atoms with van der Waals surface area (Å²) in [6, 6.07) is -0.344. The van der Waals surface area contributed by atoms with Crippen LogP contribution in [0.2, 0.25) is 0 Å². The molecule has 0 aromatic carbocycles. The number of ether oxygens (including phenoxy) is 1. The van der Waals surface area contributed by atoms with Crippen LogP contribution in [0.15, 0.2) is 9.93 Å². The standard InChI is InChI=1S/C15H20N4O3S/c1-4-10-12(23-8-16-10)15(20)19-5-6-21-7-11(19)14-18-17-13(22-14)9(2)3/h8-9,11H,4-7H2,1-3H3/t11-/m1/s1. The predicted octanol–water partition coefficient (Wildman–Crippen LogP) is 2.43. The number of nitrogens with zero attached hydrogens (tertiary/aromatic N) is 4. The third kappa shape index (κ3) is 3.13. The molecule has 2 aromatic rings. The molecule has 0 spiro atoms. The number of aryl methyl sites for hydroxylation is 1. The fourth-order valence-corrected chi connectivity index (χ4v) is 3.33. The Kier molecular flexibility index (Phi) is 4.72. The Morgan fingerprint density at radius 2 is 2.30 bits per heavy atom. The highest BCUT2D eigenvalue weighted by molar-refractivity contribution is 7.11. The van der Waals surface area contributed by atoms with Crippen LogP contribution in [-0.2, 0) is 11.2 Å². The Hall–Kier alpha value is -1.80. The lowest BCUT2D eigenvalue weighted by Gasteiger charge is -2.33. The van der Waals surface area contributed by atoms with E-state index in [2.05, 4.69) is 15.2 Å². The minimum Gasteiger partial charge on any atom is -0.423 e. The molecule has 1 amide bonds. The molecule has 0 aliphatic carbocycles. The molecule has 2 aromatic heterocycles. The smallest absolute Gasteiger partial charge is 0.266 e. The van der Waals surface area contributed by atoms with E-state index in [1.165, 1.54) is 11.3 Å². The monoisotopic (exact) mass is 336 g/mol. The van der Waals surface area contributed by atoms with Crippen molar-refractivity contribution in [3.63, 3.8) is 0 Å². The van der Waals surface area contributed by atoms with Gasteiger partial charge in [0.25, 0.3) is 5.91 Å². The lowest BCUT2D eigenvalue weighted by Crippen LogP contribution is -2.43. The molecule has 1 saturated heterocycles. The maximum absolute atomic E-state index is 12.9. The average molecular weight is 336 g/mol. The number of rotatable bonds is 4. The van der Waals surface area contributed by atoms with Crippen LogP contribution in [0.3, 0.4) is 0 Å². The number of morpholine rings is 1. The van der Waals surface area contributed by atoms with Crippen molar-refractivity contribution in [3.8, 4) is 0 Å².